The quantitative estimate of drug-likeness (QED) is 0.400. The maximum atomic E-state index is 13.7. The van der Waals surface area contributed by atoms with Gasteiger partial charge >= 0.3 is 5.56 Å². The van der Waals surface area contributed by atoms with Crippen molar-refractivity contribution in [3.8, 4) is 34.1 Å². The third kappa shape index (κ3) is 5.50. The molecule has 0 aliphatic carbocycles. The summed E-state index contributed by atoms with van der Waals surface area (Å²) >= 11 is 0. The zero-order chi connectivity index (χ0) is 25.8. The van der Waals surface area contributed by atoms with Crippen LogP contribution in [0.15, 0.2) is 83.8 Å². The van der Waals surface area contributed by atoms with Crippen LogP contribution in [0.5, 0.6) is 17.2 Å². The van der Waals surface area contributed by atoms with Gasteiger partial charge < -0.3 is 19.8 Å². The topological polar surface area (TPSA) is 91.1 Å². The van der Waals surface area contributed by atoms with Crippen molar-refractivity contribution < 1.29 is 14.9 Å². The third-order valence-corrected chi connectivity index (χ3v) is 6.58. The molecular formula is C29H30N4O4. The molecule has 1 aliphatic rings. The number of hydrogen-bond acceptors (Lipinski definition) is 7. The summed E-state index contributed by atoms with van der Waals surface area (Å²) in [6.07, 6.45) is 1.69. The van der Waals surface area contributed by atoms with Crippen molar-refractivity contribution in [2.75, 3.05) is 44.2 Å². The fourth-order valence-corrected chi connectivity index (χ4v) is 4.49. The maximum Gasteiger partial charge on any atom is 0.316 e. The molecule has 8 nitrogen and oxygen atoms in total. The van der Waals surface area contributed by atoms with Gasteiger partial charge in [0.25, 0.3) is 0 Å². The molecule has 1 aliphatic heterocycles. The summed E-state index contributed by atoms with van der Waals surface area (Å²) in [5, 5.41) is 23.5. The summed E-state index contributed by atoms with van der Waals surface area (Å²) in [6.45, 7) is 5.70. The lowest BCUT2D eigenvalue weighted by atomic mass is 10.1. The minimum atomic E-state index is -0.337. The number of benzene rings is 3. The van der Waals surface area contributed by atoms with Crippen LogP contribution in [-0.4, -0.2) is 64.2 Å². The summed E-state index contributed by atoms with van der Waals surface area (Å²) in [7, 11) is 0. The first-order valence-electron chi connectivity index (χ1n) is 12.4. The molecule has 1 aromatic heterocycles. The van der Waals surface area contributed by atoms with E-state index in [9.17, 15) is 15.0 Å². The van der Waals surface area contributed by atoms with Gasteiger partial charge in [-0.2, -0.15) is 9.78 Å². The number of aryl methyl sites for hydroxylation is 1. The fraction of sp³-hybridized carbons (Fsp3) is 0.241. The van der Waals surface area contributed by atoms with Crippen LogP contribution in [0.4, 0.5) is 5.69 Å². The first-order chi connectivity index (χ1) is 18.0. The van der Waals surface area contributed by atoms with E-state index in [2.05, 4.69) is 14.9 Å². The van der Waals surface area contributed by atoms with Crippen LogP contribution in [0, 0.1) is 6.92 Å². The van der Waals surface area contributed by atoms with Gasteiger partial charge in [0.05, 0.1) is 18.5 Å². The molecule has 3 aromatic carbocycles. The molecule has 0 spiro atoms. The molecular weight excluding hydrogens is 468 g/mol. The largest absolute Gasteiger partial charge is 0.508 e. The van der Waals surface area contributed by atoms with E-state index in [1.165, 1.54) is 4.68 Å². The number of piperazine rings is 1. The average molecular weight is 499 g/mol. The Hall–Kier alpha value is -4.14. The summed E-state index contributed by atoms with van der Waals surface area (Å²) < 4.78 is 7.61. The average Bonchev–Trinajstić information content (AvgIpc) is 2.92. The van der Waals surface area contributed by atoms with Gasteiger partial charge in [-0.25, -0.2) is 0 Å². The highest BCUT2D eigenvalue weighted by atomic mass is 16.5. The first kappa shape index (κ1) is 24.5. The van der Waals surface area contributed by atoms with Crippen LogP contribution >= 0.6 is 0 Å². The number of aromatic nitrogens is 2. The molecule has 0 atom stereocenters. The fourth-order valence-electron chi connectivity index (χ4n) is 4.49. The van der Waals surface area contributed by atoms with Crippen molar-refractivity contribution in [2.45, 2.75) is 6.92 Å². The predicted molar refractivity (Wildman–Crippen MR) is 144 cm³/mol. The monoisotopic (exact) mass is 498 g/mol. The van der Waals surface area contributed by atoms with Crippen molar-refractivity contribution >= 4 is 5.69 Å². The molecule has 0 unspecified atom stereocenters. The number of anilines is 1. The van der Waals surface area contributed by atoms with Gasteiger partial charge in [-0.1, -0.05) is 42.0 Å². The maximum absolute atomic E-state index is 13.7. The van der Waals surface area contributed by atoms with E-state index in [1.54, 1.807) is 24.4 Å². The summed E-state index contributed by atoms with van der Waals surface area (Å²) in [4.78, 5) is 18.0. The number of ether oxygens (including phenoxy) is 1. The predicted octanol–water partition coefficient (Wildman–Crippen LogP) is 3.82. The first-order valence-corrected chi connectivity index (χ1v) is 12.4. The van der Waals surface area contributed by atoms with Gasteiger partial charge in [-0.15, -0.1) is 0 Å². The Bertz CT molecular complexity index is 1410. The van der Waals surface area contributed by atoms with Crippen molar-refractivity contribution in [1.82, 2.24) is 14.7 Å². The standard InChI is InChI=1S/C29H30N4O4/c1-21-5-9-24(10-6-21)33-29(36)28(27(20-30-33)32-15-13-31(14-16-32)17-18-34)37-26-11-7-22(8-12-26)23-3-2-4-25(35)19-23/h2-12,19-20,34-35H,13-18H2,1H3. The summed E-state index contributed by atoms with van der Waals surface area (Å²) in [6, 6.07) is 22.1. The molecule has 5 rings (SSSR count). The van der Waals surface area contributed by atoms with Crippen LogP contribution < -0.4 is 15.2 Å². The second kappa shape index (κ2) is 10.9. The molecule has 0 saturated carbocycles. The van der Waals surface area contributed by atoms with Crippen LogP contribution in [0.3, 0.4) is 0 Å². The number of phenols is 1. The molecule has 2 N–H and O–H groups in total. The minimum Gasteiger partial charge on any atom is -0.508 e. The van der Waals surface area contributed by atoms with Crippen molar-refractivity contribution in [3.63, 3.8) is 0 Å². The Morgan fingerprint density at radius 1 is 0.919 bits per heavy atom. The van der Waals surface area contributed by atoms with Gasteiger partial charge in [-0.05, 0) is 54.4 Å². The van der Waals surface area contributed by atoms with E-state index in [-0.39, 0.29) is 23.7 Å². The number of nitrogens with zero attached hydrogens (tertiary/aromatic N) is 4. The SMILES string of the molecule is Cc1ccc(-n2ncc(N3CCN(CCO)CC3)c(Oc3ccc(-c4cccc(O)c4)cc3)c2=O)cc1. The van der Waals surface area contributed by atoms with Crippen LogP contribution in [-0.2, 0) is 0 Å². The second-order valence-corrected chi connectivity index (χ2v) is 9.14. The van der Waals surface area contributed by atoms with E-state index in [0.717, 1.165) is 29.8 Å². The van der Waals surface area contributed by atoms with Crippen molar-refractivity contribution in [1.29, 1.82) is 0 Å². The number of phenolic OH excluding ortho intramolecular Hbond substituents is 1. The van der Waals surface area contributed by atoms with Gasteiger partial charge in [-0.3, -0.25) is 9.69 Å². The molecule has 1 saturated heterocycles. The Kier molecular flexibility index (Phi) is 7.20. The highest BCUT2D eigenvalue weighted by Crippen LogP contribution is 2.31. The van der Waals surface area contributed by atoms with Crippen LogP contribution in [0.2, 0.25) is 0 Å². The van der Waals surface area contributed by atoms with Gasteiger partial charge in [0.1, 0.15) is 17.2 Å². The van der Waals surface area contributed by atoms with E-state index in [1.807, 2.05) is 61.5 Å². The van der Waals surface area contributed by atoms with Crippen molar-refractivity contribution in [2.24, 2.45) is 0 Å². The number of hydrogen-bond donors (Lipinski definition) is 2. The second-order valence-electron chi connectivity index (χ2n) is 9.14. The zero-order valence-electron chi connectivity index (χ0n) is 20.7. The normalized spacial score (nSPS) is 14.1. The van der Waals surface area contributed by atoms with Crippen LogP contribution in [0.25, 0.3) is 16.8 Å². The minimum absolute atomic E-state index is 0.126. The Labute approximate surface area is 215 Å². The smallest absolute Gasteiger partial charge is 0.316 e. The lowest BCUT2D eigenvalue weighted by molar-refractivity contribution is 0.188. The number of rotatable bonds is 7. The molecule has 4 aromatic rings. The third-order valence-electron chi connectivity index (χ3n) is 6.58. The van der Waals surface area contributed by atoms with Gasteiger partial charge in [0.2, 0.25) is 5.75 Å². The Morgan fingerprint density at radius 2 is 1.65 bits per heavy atom. The molecule has 37 heavy (non-hydrogen) atoms. The summed E-state index contributed by atoms with van der Waals surface area (Å²) in [5.74, 6) is 0.953. The number of aromatic hydroxyl groups is 1. The molecule has 0 bridgehead atoms. The van der Waals surface area contributed by atoms with E-state index >= 15 is 0 Å². The highest BCUT2D eigenvalue weighted by molar-refractivity contribution is 5.66. The molecule has 1 fully saturated rings. The molecule has 0 amide bonds. The highest BCUT2D eigenvalue weighted by Gasteiger charge is 2.24. The molecule has 2 heterocycles. The summed E-state index contributed by atoms with van der Waals surface area (Å²) in [5.41, 5.74) is 3.88. The van der Waals surface area contributed by atoms with E-state index in [0.29, 0.717) is 36.8 Å². The molecule has 0 radical (unpaired) electrons. The number of aliphatic hydroxyl groups is 1. The van der Waals surface area contributed by atoms with E-state index < -0.39 is 0 Å². The lowest BCUT2D eigenvalue weighted by Crippen LogP contribution is -2.47. The Morgan fingerprint density at radius 3 is 2.32 bits per heavy atom. The Balaban J connectivity index is 1.48. The van der Waals surface area contributed by atoms with Gasteiger partial charge in [0.15, 0.2) is 0 Å². The number of β-amino-alcohol motifs (C(OH)–C–C–N with tert-alkyl or cyclic N) is 1. The van der Waals surface area contributed by atoms with Crippen molar-refractivity contribution in [3.05, 3.63) is 94.9 Å². The lowest BCUT2D eigenvalue weighted by Gasteiger charge is -2.36. The zero-order valence-corrected chi connectivity index (χ0v) is 20.7. The number of aliphatic hydroxyl groups excluding tert-OH is 1. The van der Waals surface area contributed by atoms with Crippen LogP contribution in [0.1, 0.15) is 5.56 Å². The molecule has 8 heteroatoms. The van der Waals surface area contributed by atoms with E-state index in [4.69, 9.17) is 4.74 Å². The molecule has 190 valence electrons. The van der Waals surface area contributed by atoms with Gasteiger partial charge in [0, 0.05) is 32.7 Å².